The predicted octanol–water partition coefficient (Wildman–Crippen LogP) is 4.56. The maximum absolute atomic E-state index is 12.0. The molecule has 4 aromatic rings. The van der Waals surface area contributed by atoms with Crippen molar-refractivity contribution in [1.82, 2.24) is 5.43 Å². The Kier molecular flexibility index (Phi) is 4.79. The first-order chi connectivity index (χ1) is 13.3. The predicted molar refractivity (Wildman–Crippen MR) is 112 cm³/mol. The van der Waals surface area contributed by atoms with E-state index >= 15 is 0 Å². The van der Waals surface area contributed by atoms with E-state index in [1.54, 1.807) is 6.21 Å². The molecule has 4 aromatic carbocycles. The average Bonchev–Trinajstić information content (AvgIpc) is 2.72. The molecule has 0 saturated heterocycles. The van der Waals surface area contributed by atoms with Crippen LogP contribution in [0.4, 0.5) is 5.69 Å². The molecule has 0 radical (unpaired) electrons. The van der Waals surface area contributed by atoms with Crippen molar-refractivity contribution in [3.05, 3.63) is 90.5 Å². The number of nitrogens with one attached hydrogen (secondary N) is 2. The van der Waals surface area contributed by atoms with Crippen molar-refractivity contribution < 1.29 is 4.79 Å². The zero-order valence-corrected chi connectivity index (χ0v) is 14.7. The number of nitrogens with zero attached hydrogens (tertiary/aromatic N) is 1. The third kappa shape index (κ3) is 4.12. The molecule has 0 aliphatic rings. The second-order valence-electron chi connectivity index (χ2n) is 6.32. The number of fused-ring (bicyclic) bond motifs is 2. The molecule has 0 unspecified atom stereocenters. The van der Waals surface area contributed by atoms with Crippen LogP contribution >= 0.6 is 0 Å². The Balaban J connectivity index is 1.33. The minimum Gasteiger partial charge on any atom is -0.376 e. The smallest absolute Gasteiger partial charge is 0.259 e. The Hall–Kier alpha value is -3.66. The van der Waals surface area contributed by atoms with Gasteiger partial charge in [0.2, 0.25) is 0 Å². The largest absolute Gasteiger partial charge is 0.376 e. The van der Waals surface area contributed by atoms with Gasteiger partial charge in [-0.15, -0.1) is 0 Å². The molecule has 0 fully saturated rings. The second kappa shape index (κ2) is 7.70. The number of hydrogen-bond donors (Lipinski definition) is 2. The molecule has 1 amide bonds. The molecular formula is C23H19N3O. The Labute approximate surface area is 157 Å². The minimum atomic E-state index is -0.194. The molecule has 0 aromatic heterocycles. The molecule has 4 heteroatoms. The van der Waals surface area contributed by atoms with Crippen LogP contribution in [0.2, 0.25) is 0 Å². The maximum Gasteiger partial charge on any atom is 0.259 e. The van der Waals surface area contributed by atoms with Gasteiger partial charge in [0.05, 0.1) is 12.8 Å². The van der Waals surface area contributed by atoms with E-state index in [1.165, 1.54) is 10.8 Å². The van der Waals surface area contributed by atoms with Gasteiger partial charge >= 0.3 is 0 Å². The number of hydrazone groups is 1. The first kappa shape index (κ1) is 16.8. The summed E-state index contributed by atoms with van der Waals surface area (Å²) in [6.45, 7) is 0.160. The topological polar surface area (TPSA) is 53.5 Å². The summed E-state index contributed by atoms with van der Waals surface area (Å²) < 4.78 is 0. The van der Waals surface area contributed by atoms with Crippen LogP contribution in [0.3, 0.4) is 0 Å². The Morgan fingerprint density at radius 1 is 0.778 bits per heavy atom. The highest BCUT2D eigenvalue weighted by Gasteiger charge is 2.01. The van der Waals surface area contributed by atoms with Crippen LogP contribution in [0.5, 0.6) is 0 Å². The summed E-state index contributed by atoms with van der Waals surface area (Å²) >= 11 is 0. The molecular weight excluding hydrogens is 334 g/mol. The van der Waals surface area contributed by atoms with E-state index in [4.69, 9.17) is 0 Å². The fourth-order valence-corrected chi connectivity index (χ4v) is 2.99. The number of anilines is 1. The zero-order valence-electron chi connectivity index (χ0n) is 14.7. The van der Waals surface area contributed by atoms with E-state index in [9.17, 15) is 4.79 Å². The first-order valence-corrected chi connectivity index (χ1v) is 8.81. The highest BCUT2D eigenvalue weighted by atomic mass is 16.2. The lowest BCUT2D eigenvalue weighted by Crippen LogP contribution is -2.25. The summed E-state index contributed by atoms with van der Waals surface area (Å²) in [5.74, 6) is -0.194. The normalized spacial score (nSPS) is 11.1. The van der Waals surface area contributed by atoms with Gasteiger partial charge in [0.1, 0.15) is 0 Å². The summed E-state index contributed by atoms with van der Waals surface area (Å²) in [7, 11) is 0. The van der Waals surface area contributed by atoms with E-state index in [0.29, 0.717) is 0 Å². The van der Waals surface area contributed by atoms with Gasteiger partial charge < -0.3 is 5.32 Å². The van der Waals surface area contributed by atoms with Gasteiger partial charge in [-0.05, 0) is 45.3 Å². The quantitative estimate of drug-likeness (QED) is 0.408. The highest BCUT2D eigenvalue weighted by molar-refractivity contribution is 5.91. The number of benzene rings is 4. The summed E-state index contributed by atoms with van der Waals surface area (Å²) in [5.41, 5.74) is 4.40. The average molecular weight is 353 g/mol. The van der Waals surface area contributed by atoms with E-state index < -0.39 is 0 Å². The Bertz CT molecular complexity index is 1130. The van der Waals surface area contributed by atoms with E-state index in [0.717, 1.165) is 22.0 Å². The first-order valence-electron chi connectivity index (χ1n) is 8.81. The van der Waals surface area contributed by atoms with Crippen LogP contribution < -0.4 is 10.7 Å². The van der Waals surface area contributed by atoms with Gasteiger partial charge in [0, 0.05) is 5.69 Å². The Morgan fingerprint density at radius 2 is 1.41 bits per heavy atom. The molecule has 4 rings (SSSR count). The van der Waals surface area contributed by atoms with Crippen molar-refractivity contribution in [1.29, 1.82) is 0 Å². The monoisotopic (exact) mass is 353 g/mol. The van der Waals surface area contributed by atoms with Gasteiger partial charge in [-0.3, -0.25) is 4.79 Å². The molecule has 0 bridgehead atoms. The van der Waals surface area contributed by atoms with Gasteiger partial charge in [0.15, 0.2) is 0 Å². The third-order valence-electron chi connectivity index (χ3n) is 4.38. The number of carbonyl (C=O) groups is 1. The van der Waals surface area contributed by atoms with Crippen molar-refractivity contribution in [2.24, 2.45) is 5.10 Å². The fourth-order valence-electron chi connectivity index (χ4n) is 2.99. The van der Waals surface area contributed by atoms with E-state index in [2.05, 4.69) is 40.1 Å². The number of hydrogen-bond acceptors (Lipinski definition) is 3. The van der Waals surface area contributed by atoms with Gasteiger partial charge in [-0.25, -0.2) is 5.43 Å². The third-order valence-corrected chi connectivity index (χ3v) is 4.38. The number of rotatable bonds is 5. The van der Waals surface area contributed by atoms with Crippen LogP contribution in [0.1, 0.15) is 5.56 Å². The molecule has 2 N–H and O–H groups in total. The molecule has 0 atom stereocenters. The van der Waals surface area contributed by atoms with Gasteiger partial charge in [0.25, 0.3) is 5.91 Å². The lowest BCUT2D eigenvalue weighted by molar-refractivity contribution is -0.119. The van der Waals surface area contributed by atoms with Crippen molar-refractivity contribution in [2.45, 2.75) is 0 Å². The van der Waals surface area contributed by atoms with Crippen LogP contribution in [0.15, 0.2) is 90.0 Å². The van der Waals surface area contributed by atoms with Crippen molar-refractivity contribution >= 4 is 39.4 Å². The maximum atomic E-state index is 12.0. The van der Waals surface area contributed by atoms with Crippen LogP contribution in [-0.4, -0.2) is 18.7 Å². The van der Waals surface area contributed by atoms with Crippen molar-refractivity contribution in [3.8, 4) is 0 Å². The molecule has 27 heavy (non-hydrogen) atoms. The standard InChI is InChI=1S/C23H19N3O/c27-23(16-24-22-12-11-19-6-2-4-8-21(19)14-22)26-25-15-17-9-10-18-5-1-3-7-20(18)13-17/h1-15,24H,16H2,(H,26,27). The van der Waals surface area contributed by atoms with Crippen molar-refractivity contribution in [3.63, 3.8) is 0 Å². The summed E-state index contributed by atoms with van der Waals surface area (Å²) in [6.07, 6.45) is 1.65. The molecule has 0 aliphatic heterocycles. The molecule has 132 valence electrons. The molecule has 4 nitrogen and oxygen atoms in total. The highest BCUT2D eigenvalue weighted by Crippen LogP contribution is 2.18. The molecule has 0 saturated carbocycles. The summed E-state index contributed by atoms with van der Waals surface area (Å²) in [4.78, 5) is 12.0. The van der Waals surface area contributed by atoms with Gasteiger partial charge in [-0.2, -0.15) is 5.10 Å². The van der Waals surface area contributed by atoms with Gasteiger partial charge in [-0.1, -0.05) is 66.7 Å². The zero-order chi connectivity index (χ0) is 18.5. The second-order valence-corrected chi connectivity index (χ2v) is 6.32. The molecule has 0 spiro atoms. The number of amides is 1. The summed E-state index contributed by atoms with van der Waals surface area (Å²) in [5, 5.41) is 11.8. The SMILES string of the molecule is O=C(CNc1ccc2ccccc2c1)NN=Cc1ccc2ccccc2c1. The lowest BCUT2D eigenvalue weighted by atomic mass is 10.1. The number of carbonyl (C=O) groups excluding carboxylic acids is 1. The van der Waals surface area contributed by atoms with Crippen molar-refractivity contribution in [2.75, 3.05) is 11.9 Å². The summed E-state index contributed by atoms with van der Waals surface area (Å²) in [6, 6.07) is 28.3. The van der Waals surface area contributed by atoms with Crippen LogP contribution in [0, 0.1) is 0 Å². The lowest BCUT2D eigenvalue weighted by Gasteiger charge is -2.06. The van der Waals surface area contributed by atoms with E-state index in [-0.39, 0.29) is 12.5 Å². The molecule has 0 heterocycles. The Morgan fingerprint density at radius 3 is 2.15 bits per heavy atom. The van der Waals surface area contributed by atoms with Crippen LogP contribution in [-0.2, 0) is 4.79 Å². The van der Waals surface area contributed by atoms with E-state index in [1.807, 2.05) is 60.7 Å². The van der Waals surface area contributed by atoms with Crippen LogP contribution in [0.25, 0.3) is 21.5 Å². The molecule has 0 aliphatic carbocycles. The minimum absolute atomic E-state index is 0.160. The fraction of sp³-hybridized carbons (Fsp3) is 0.0435.